The van der Waals surface area contributed by atoms with Crippen LogP contribution in [-0.2, 0) is 11.2 Å². The average Bonchev–Trinajstić information content (AvgIpc) is 2.48. The van der Waals surface area contributed by atoms with Crippen molar-refractivity contribution in [3.05, 3.63) is 22.7 Å². The van der Waals surface area contributed by atoms with Crippen LogP contribution < -0.4 is 15.2 Å². The highest BCUT2D eigenvalue weighted by molar-refractivity contribution is 6.30. The molecule has 0 aliphatic rings. The monoisotopic (exact) mass is 315 g/mol. The third kappa shape index (κ3) is 6.12. The number of halogens is 1. The Kier molecular flexibility index (Phi) is 8.50. The lowest BCUT2D eigenvalue weighted by molar-refractivity contribution is 0.130. The predicted molar refractivity (Wildman–Crippen MR) is 86.6 cm³/mol. The van der Waals surface area contributed by atoms with Gasteiger partial charge in [-0.25, -0.2) is 0 Å². The number of rotatable bonds is 10. The van der Waals surface area contributed by atoms with Crippen molar-refractivity contribution >= 4 is 11.6 Å². The van der Waals surface area contributed by atoms with E-state index in [1.807, 2.05) is 13.0 Å². The van der Waals surface area contributed by atoms with E-state index in [1.165, 1.54) is 0 Å². The summed E-state index contributed by atoms with van der Waals surface area (Å²) in [5.41, 5.74) is 7.04. The lowest BCUT2D eigenvalue weighted by atomic mass is 10.0. The van der Waals surface area contributed by atoms with E-state index in [4.69, 9.17) is 31.5 Å². The highest BCUT2D eigenvalue weighted by Crippen LogP contribution is 2.35. The first kappa shape index (κ1) is 18.1. The van der Waals surface area contributed by atoms with Crippen LogP contribution in [0.5, 0.6) is 11.5 Å². The Morgan fingerprint density at radius 3 is 2.62 bits per heavy atom. The first-order valence-electron chi connectivity index (χ1n) is 7.44. The largest absolute Gasteiger partial charge is 0.493 e. The summed E-state index contributed by atoms with van der Waals surface area (Å²) in [4.78, 5) is 0. The van der Waals surface area contributed by atoms with Crippen LogP contribution in [0, 0.1) is 0 Å². The number of hydrogen-bond acceptors (Lipinski definition) is 4. The molecule has 0 fully saturated rings. The summed E-state index contributed by atoms with van der Waals surface area (Å²) in [6, 6.07) is 3.75. The van der Waals surface area contributed by atoms with Gasteiger partial charge < -0.3 is 19.9 Å². The van der Waals surface area contributed by atoms with E-state index >= 15 is 0 Å². The van der Waals surface area contributed by atoms with Crippen LogP contribution in [0.3, 0.4) is 0 Å². The standard InChI is InChI=1S/C16H26ClNO3/c1-4-14(18)10-12-9-13(17)11-15(19-3)16(12)21-8-6-7-20-5-2/h9,11,14H,4-8,10,18H2,1-3H3. The molecule has 0 bridgehead atoms. The van der Waals surface area contributed by atoms with Crippen LogP contribution in [-0.4, -0.2) is 33.0 Å². The van der Waals surface area contributed by atoms with Gasteiger partial charge in [0, 0.05) is 42.3 Å². The predicted octanol–water partition coefficient (Wildman–Crippen LogP) is 3.43. The van der Waals surface area contributed by atoms with E-state index in [-0.39, 0.29) is 6.04 Å². The summed E-state index contributed by atoms with van der Waals surface area (Å²) in [5.74, 6) is 1.39. The van der Waals surface area contributed by atoms with E-state index in [2.05, 4.69) is 6.92 Å². The summed E-state index contributed by atoms with van der Waals surface area (Å²) < 4.78 is 16.6. The normalized spacial score (nSPS) is 12.2. The van der Waals surface area contributed by atoms with E-state index in [1.54, 1.807) is 13.2 Å². The Morgan fingerprint density at radius 2 is 2.00 bits per heavy atom. The SMILES string of the molecule is CCOCCCOc1c(CC(N)CC)cc(Cl)cc1OC. The second kappa shape index (κ2) is 9.87. The van der Waals surface area contributed by atoms with Gasteiger partial charge in [0.1, 0.15) is 0 Å². The first-order valence-corrected chi connectivity index (χ1v) is 7.82. The third-order valence-corrected chi connectivity index (χ3v) is 3.42. The van der Waals surface area contributed by atoms with Gasteiger partial charge in [-0.05, 0) is 25.8 Å². The quantitative estimate of drug-likeness (QED) is 0.672. The second-order valence-corrected chi connectivity index (χ2v) is 5.30. The smallest absolute Gasteiger partial charge is 0.164 e. The van der Waals surface area contributed by atoms with Gasteiger partial charge in [0.05, 0.1) is 13.7 Å². The molecule has 0 saturated carbocycles. The number of ether oxygens (including phenoxy) is 3. The van der Waals surface area contributed by atoms with Crippen molar-refractivity contribution in [2.75, 3.05) is 26.9 Å². The Morgan fingerprint density at radius 1 is 1.24 bits per heavy atom. The molecule has 0 aliphatic carbocycles. The number of nitrogens with two attached hydrogens (primary N) is 1. The number of benzene rings is 1. The summed E-state index contributed by atoms with van der Waals surface area (Å²) in [7, 11) is 1.61. The highest BCUT2D eigenvalue weighted by atomic mass is 35.5. The maximum Gasteiger partial charge on any atom is 0.164 e. The van der Waals surface area contributed by atoms with E-state index in [0.717, 1.165) is 30.8 Å². The Balaban J connectivity index is 2.81. The molecule has 0 spiro atoms. The second-order valence-electron chi connectivity index (χ2n) is 4.87. The molecule has 1 unspecified atom stereocenters. The van der Waals surface area contributed by atoms with Crippen molar-refractivity contribution in [3.8, 4) is 11.5 Å². The fourth-order valence-electron chi connectivity index (χ4n) is 2.00. The zero-order valence-corrected chi connectivity index (χ0v) is 13.9. The van der Waals surface area contributed by atoms with Crippen molar-refractivity contribution in [1.29, 1.82) is 0 Å². The van der Waals surface area contributed by atoms with Crippen molar-refractivity contribution in [2.24, 2.45) is 5.73 Å². The topological polar surface area (TPSA) is 53.7 Å². The molecule has 1 atom stereocenters. The van der Waals surface area contributed by atoms with Gasteiger partial charge in [0.2, 0.25) is 0 Å². The van der Waals surface area contributed by atoms with Crippen molar-refractivity contribution in [3.63, 3.8) is 0 Å². The Labute approximate surface area is 132 Å². The maximum atomic E-state index is 6.13. The minimum absolute atomic E-state index is 0.0824. The molecular weight excluding hydrogens is 290 g/mol. The van der Waals surface area contributed by atoms with Crippen LogP contribution in [0.2, 0.25) is 5.02 Å². The molecule has 0 amide bonds. The first-order chi connectivity index (χ1) is 10.1. The van der Waals surface area contributed by atoms with Crippen LogP contribution >= 0.6 is 11.6 Å². The van der Waals surface area contributed by atoms with Gasteiger partial charge in [-0.1, -0.05) is 18.5 Å². The lowest BCUT2D eigenvalue weighted by Gasteiger charge is -2.18. The molecule has 1 aromatic rings. The molecular formula is C16H26ClNO3. The van der Waals surface area contributed by atoms with Gasteiger partial charge in [0.25, 0.3) is 0 Å². The van der Waals surface area contributed by atoms with Gasteiger partial charge in [0.15, 0.2) is 11.5 Å². The molecule has 0 radical (unpaired) electrons. The summed E-state index contributed by atoms with van der Waals surface area (Å²) >= 11 is 6.13. The van der Waals surface area contributed by atoms with Crippen LogP contribution in [0.4, 0.5) is 0 Å². The van der Waals surface area contributed by atoms with Crippen LogP contribution in [0.1, 0.15) is 32.3 Å². The molecule has 0 saturated heterocycles. The van der Waals surface area contributed by atoms with Crippen molar-refractivity contribution in [2.45, 2.75) is 39.2 Å². The van der Waals surface area contributed by atoms with E-state index < -0.39 is 0 Å². The van der Waals surface area contributed by atoms with E-state index in [9.17, 15) is 0 Å². The molecule has 0 heterocycles. The Bertz CT molecular complexity index is 426. The molecule has 0 aliphatic heterocycles. The molecule has 4 nitrogen and oxygen atoms in total. The van der Waals surface area contributed by atoms with Gasteiger partial charge >= 0.3 is 0 Å². The molecule has 5 heteroatoms. The lowest BCUT2D eigenvalue weighted by Crippen LogP contribution is -2.22. The molecule has 120 valence electrons. The number of hydrogen-bond donors (Lipinski definition) is 1. The average molecular weight is 316 g/mol. The molecule has 21 heavy (non-hydrogen) atoms. The van der Waals surface area contributed by atoms with Gasteiger partial charge in [-0.15, -0.1) is 0 Å². The summed E-state index contributed by atoms with van der Waals surface area (Å²) in [6.07, 6.45) is 2.45. The van der Waals surface area contributed by atoms with Gasteiger partial charge in [-0.3, -0.25) is 0 Å². The zero-order chi connectivity index (χ0) is 15.7. The zero-order valence-electron chi connectivity index (χ0n) is 13.2. The number of methoxy groups -OCH3 is 1. The fraction of sp³-hybridized carbons (Fsp3) is 0.625. The fourth-order valence-corrected chi connectivity index (χ4v) is 2.23. The molecule has 1 aromatic carbocycles. The molecule has 2 N–H and O–H groups in total. The minimum Gasteiger partial charge on any atom is -0.493 e. The van der Waals surface area contributed by atoms with Crippen LogP contribution in [0.25, 0.3) is 0 Å². The van der Waals surface area contributed by atoms with Crippen molar-refractivity contribution in [1.82, 2.24) is 0 Å². The third-order valence-electron chi connectivity index (χ3n) is 3.21. The van der Waals surface area contributed by atoms with E-state index in [0.29, 0.717) is 30.4 Å². The minimum atomic E-state index is 0.0824. The highest BCUT2D eigenvalue weighted by Gasteiger charge is 2.15. The summed E-state index contributed by atoms with van der Waals surface area (Å²) in [5, 5.41) is 0.631. The van der Waals surface area contributed by atoms with Crippen LogP contribution in [0.15, 0.2) is 12.1 Å². The molecule has 1 rings (SSSR count). The summed E-state index contributed by atoms with van der Waals surface area (Å²) in [6.45, 7) is 6.03. The maximum absolute atomic E-state index is 6.13. The van der Waals surface area contributed by atoms with Gasteiger partial charge in [-0.2, -0.15) is 0 Å². The Hall–Kier alpha value is -0.970. The molecule has 0 aromatic heterocycles. The van der Waals surface area contributed by atoms with Crippen molar-refractivity contribution < 1.29 is 14.2 Å².